The number of hydrogen-bond donors (Lipinski definition) is 1. The molecule has 1 N–H and O–H groups in total. The number of halogens is 1. The lowest BCUT2D eigenvalue weighted by atomic mass is 10.1. The zero-order chi connectivity index (χ0) is 18.1. The molecule has 0 bridgehead atoms. The van der Waals surface area contributed by atoms with E-state index in [4.69, 9.17) is 0 Å². The lowest BCUT2D eigenvalue weighted by Crippen LogP contribution is -2.41. The third-order valence-electron chi connectivity index (χ3n) is 4.75. The van der Waals surface area contributed by atoms with Gasteiger partial charge in [-0.2, -0.15) is 0 Å². The lowest BCUT2D eigenvalue weighted by molar-refractivity contribution is -0.118. The fourth-order valence-electron chi connectivity index (χ4n) is 2.94. The van der Waals surface area contributed by atoms with Crippen molar-refractivity contribution in [1.82, 2.24) is 5.32 Å². The SMILES string of the molecule is Cc1ccc(N2CC[C@@H](NC(=O)c3ccc(C)c(F)c3)C2=O)cc1C. The van der Waals surface area contributed by atoms with Gasteiger partial charge in [-0.25, -0.2) is 4.39 Å². The highest BCUT2D eigenvalue weighted by Gasteiger charge is 2.33. The van der Waals surface area contributed by atoms with E-state index in [1.807, 2.05) is 32.0 Å². The fraction of sp³-hybridized carbons (Fsp3) is 0.300. The average Bonchev–Trinajstić information content (AvgIpc) is 2.93. The van der Waals surface area contributed by atoms with Crippen LogP contribution in [0.2, 0.25) is 0 Å². The van der Waals surface area contributed by atoms with E-state index in [9.17, 15) is 14.0 Å². The Morgan fingerprint density at radius 3 is 2.48 bits per heavy atom. The van der Waals surface area contributed by atoms with Crippen molar-refractivity contribution >= 4 is 17.5 Å². The maximum absolute atomic E-state index is 13.6. The van der Waals surface area contributed by atoms with Crippen LogP contribution in [0.25, 0.3) is 0 Å². The van der Waals surface area contributed by atoms with Crippen molar-refractivity contribution in [2.45, 2.75) is 33.2 Å². The maximum atomic E-state index is 13.6. The first kappa shape index (κ1) is 17.1. The Morgan fingerprint density at radius 1 is 1.08 bits per heavy atom. The molecule has 0 saturated carbocycles. The van der Waals surface area contributed by atoms with Crippen molar-refractivity contribution in [1.29, 1.82) is 0 Å². The van der Waals surface area contributed by atoms with E-state index < -0.39 is 17.8 Å². The van der Waals surface area contributed by atoms with Gasteiger partial charge in [0.2, 0.25) is 5.91 Å². The molecule has 1 heterocycles. The standard InChI is InChI=1S/C20H21FN2O2/c1-12-5-7-16(10-14(12)3)23-9-8-18(20(23)25)22-19(24)15-6-4-13(2)17(21)11-15/h4-7,10-11,18H,8-9H2,1-3H3,(H,22,24)/t18-/m1/s1. The third-order valence-corrected chi connectivity index (χ3v) is 4.75. The zero-order valence-electron chi connectivity index (χ0n) is 14.6. The van der Waals surface area contributed by atoms with Crippen LogP contribution in [0, 0.1) is 26.6 Å². The summed E-state index contributed by atoms with van der Waals surface area (Å²) < 4.78 is 13.6. The highest BCUT2D eigenvalue weighted by Crippen LogP contribution is 2.24. The summed E-state index contributed by atoms with van der Waals surface area (Å²) in [5, 5.41) is 2.72. The Kier molecular flexibility index (Phi) is 4.57. The summed E-state index contributed by atoms with van der Waals surface area (Å²) in [6, 6.07) is 9.62. The Bertz CT molecular complexity index is 848. The zero-order valence-corrected chi connectivity index (χ0v) is 14.6. The molecule has 0 aliphatic carbocycles. The molecule has 1 saturated heterocycles. The van der Waals surface area contributed by atoms with Crippen LogP contribution in [-0.4, -0.2) is 24.4 Å². The molecule has 1 aliphatic rings. The topological polar surface area (TPSA) is 49.4 Å². The van der Waals surface area contributed by atoms with E-state index >= 15 is 0 Å². The molecule has 2 amide bonds. The number of hydrogen-bond acceptors (Lipinski definition) is 2. The van der Waals surface area contributed by atoms with E-state index in [0.29, 0.717) is 18.5 Å². The van der Waals surface area contributed by atoms with Crippen LogP contribution in [0.5, 0.6) is 0 Å². The second-order valence-corrected chi connectivity index (χ2v) is 6.54. The molecule has 4 nitrogen and oxygen atoms in total. The van der Waals surface area contributed by atoms with Gasteiger partial charge in [0, 0.05) is 17.8 Å². The number of nitrogens with zero attached hydrogens (tertiary/aromatic N) is 1. The number of nitrogens with one attached hydrogen (secondary N) is 1. The molecular weight excluding hydrogens is 319 g/mol. The van der Waals surface area contributed by atoms with Crippen molar-refractivity contribution in [3.05, 3.63) is 64.5 Å². The Hall–Kier alpha value is -2.69. The van der Waals surface area contributed by atoms with Crippen molar-refractivity contribution < 1.29 is 14.0 Å². The molecule has 130 valence electrons. The molecule has 0 spiro atoms. The molecule has 25 heavy (non-hydrogen) atoms. The third kappa shape index (κ3) is 3.40. The summed E-state index contributed by atoms with van der Waals surface area (Å²) in [6.07, 6.45) is 0.534. The lowest BCUT2D eigenvalue weighted by Gasteiger charge is -2.18. The van der Waals surface area contributed by atoms with Crippen LogP contribution in [0.4, 0.5) is 10.1 Å². The minimum atomic E-state index is -0.585. The number of carbonyl (C=O) groups is 2. The molecule has 0 unspecified atom stereocenters. The van der Waals surface area contributed by atoms with Crippen molar-refractivity contribution in [3.63, 3.8) is 0 Å². The first-order chi connectivity index (χ1) is 11.9. The highest BCUT2D eigenvalue weighted by molar-refractivity contribution is 6.04. The van der Waals surface area contributed by atoms with Gasteiger partial charge in [-0.1, -0.05) is 12.1 Å². The summed E-state index contributed by atoms with van der Waals surface area (Å²) in [5.74, 6) is -0.995. The van der Waals surface area contributed by atoms with Crippen LogP contribution in [0.3, 0.4) is 0 Å². The normalized spacial score (nSPS) is 17.0. The second-order valence-electron chi connectivity index (χ2n) is 6.54. The number of benzene rings is 2. The maximum Gasteiger partial charge on any atom is 0.252 e. The number of carbonyl (C=O) groups excluding carboxylic acids is 2. The van der Waals surface area contributed by atoms with E-state index in [2.05, 4.69) is 5.32 Å². The van der Waals surface area contributed by atoms with Crippen molar-refractivity contribution in [2.75, 3.05) is 11.4 Å². The van der Waals surface area contributed by atoms with Gasteiger partial charge in [-0.15, -0.1) is 0 Å². The Balaban J connectivity index is 1.72. The molecule has 1 aliphatic heterocycles. The number of rotatable bonds is 3. The van der Waals surface area contributed by atoms with E-state index in [0.717, 1.165) is 11.3 Å². The molecule has 1 atom stereocenters. The van der Waals surface area contributed by atoms with E-state index in [1.54, 1.807) is 24.0 Å². The average molecular weight is 340 g/mol. The number of aryl methyl sites for hydroxylation is 3. The van der Waals surface area contributed by atoms with Crippen LogP contribution >= 0.6 is 0 Å². The molecule has 0 aromatic heterocycles. The monoisotopic (exact) mass is 340 g/mol. The molecule has 2 aromatic rings. The van der Waals surface area contributed by atoms with Crippen LogP contribution in [0.1, 0.15) is 33.5 Å². The van der Waals surface area contributed by atoms with Gasteiger partial charge in [0.15, 0.2) is 0 Å². The molecule has 0 radical (unpaired) electrons. The second kappa shape index (κ2) is 6.67. The summed E-state index contributed by atoms with van der Waals surface area (Å²) in [6.45, 7) is 6.21. The van der Waals surface area contributed by atoms with Gasteiger partial charge in [-0.3, -0.25) is 9.59 Å². The summed E-state index contributed by atoms with van der Waals surface area (Å²) in [4.78, 5) is 26.6. The number of amides is 2. The first-order valence-electron chi connectivity index (χ1n) is 8.32. The molecule has 2 aromatic carbocycles. The van der Waals surface area contributed by atoms with Crippen molar-refractivity contribution in [2.24, 2.45) is 0 Å². The smallest absolute Gasteiger partial charge is 0.252 e. The van der Waals surface area contributed by atoms with Gasteiger partial charge < -0.3 is 10.2 Å². The fourth-order valence-corrected chi connectivity index (χ4v) is 2.94. The molecule has 3 rings (SSSR count). The Labute approximate surface area is 146 Å². The highest BCUT2D eigenvalue weighted by atomic mass is 19.1. The summed E-state index contributed by atoms with van der Waals surface area (Å²) in [7, 11) is 0. The van der Waals surface area contributed by atoms with Gasteiger partial charge in [0.05, 0.1) is 0 Å². The molecule has 1 fully saturated rings. The van der Waals surface area contributed by atoms with Gasteiger partial charge in [-0.05, 0) is 68.1 Å². The number of anilines is 1. The summed E-state index contributed by atoms with van der Waals surface area (Å²) in [5.41, 5.74) is 3.83. The minimum Gasteiger partial charge on any atom is -0.340 e. The van der Waals surface area contributed by atoms with Crippen LogP contribution in [-0.2, 0) is 4.79 Å². The summed E-state index contributed by atoms with van der Waals surface area (Å²) >= 11 is 0. The van der Waals surface area contributed by atoms with E-state index in [-0.39, 0.29) is 11.5 Å². The predicted octanol–water partition coefficient (Wildman–Crippen LogP) is 3.29. The predicted molar refractivity (Wildman–Crippen MR) is 95.3 cm³/mol. The van der Waals surface area contributed by atoms with Gasteiger partial charge in [0.1, 0.15) is 11.9 Å². The minimum absolute atomic E-state index is 0.135. The quantitative estimate of drug-likeness (QED) is 0.932. The van der Waals surface area contributed by atoms with Crippen molar-refractivity contribution in [3.8, 4) is 0 Å². The Morgan fingerprint density at radius 2 is 1.80 bits per heavy atom. The molecule has 5 heteroatoms. The first-order valence-corrected chi connectivity index (χ1v) is 8.32. The van der Waals surface area contributed by atoms with E-state index in [1.165, 1.54) is 11.6 Å². The largest absolute Gasteiger partial charge is 0.340 e. The van der Waals surface area contributed by atoms with Gasteiger partial charge in [0.25, 0.3) is 5.91 Å². The van der Waals surface area contributed by atoms with Crippen LogP contribution in [0.15, 0.2) is 36.4 Å². The van der Waals surface area contributed by atoms with Gasteiger partial charge >= 0.3 is 0 Å². The van der Waals surface area contributed by atoms with Crippen LogP contribution < -0.4 is 10.2 Å². The molecular formula is C20H21FN2O2.